The zero-order chi connectivity index (χ0) is 25.1. The van der Waals surface area contributed by atoms with Gasteiger partial charge >= 0.3 is 11.9 Å². The lowest BCUT2D eigenvalue weighted by Gasteiger charge is -2.17. The maximum atomic E-state index is 12.8. The molecule has 0 aliphatic rings. The van der Waals surface area contributed by atoms with Crippen LogP contribution < -0.4 is 0 Å². The number of unbranched alkanes of at least 4 members (excludes halogenated alkanes) is 3. The number of nitro groups is 2. The van der Waals surface area contributed by atoms with Gasteiger partial charge in [0.15, 0.2) is 0 Å². The van der Waals surface area contributed by atoms with Crippen LogP contribution in [0.5, 0.6) is 0 Å². The van der Waals surface area contributed by atoms with Gasteiger partial charge in [0.1, 0.15) is 0 Å². The molecule has 0 N–H and O–H groups in total. The Morgan fingerprint density at radius 3 is 1.59 bits per heavy atom. The molecule has 2 unspecified atom stereocenters. The van der Waals surface area contributed by atoms with Crippen LogP contribution >= 0.6 is 0 Å². The van der Waals surface area contributed by atoms with E-state index in [0.29, 0.717) is 24.0 Å². The molecule has 182 valence electrons. The lowest BCUT2D eigenvalue weighted by Crippen LogP contribution is -2.22. The number of hydrogen-bond acceptors (Lipinski definition) is 8. The highest BCUT2D eigenvalue weighted by atomic mass is 17.2. The summed E-state index contributed by atoms with van der Waals surface area (Å²) in [4.78, 5) is 55.8. The van der Waals surface area contributed by atoms with Crippen LogP contribution in [-0.2, 0) is 19.4 Å². The van der Waals surface area contributed by atoms with Crippen molar-refractivity contribution in [3.8, 4) is 0 Å². The minimum absolute atomic E-state index is 0.0952. The summed E-state index contributed by atoms with van der Waals surface area (Å²) in [6.07, 6.45) is 4.44. The molecule has 34 heavy (non-hydrogen) atoms. The first-order valence-electron chi connectivity index (χ1n) is 11.2. The molecule has 0 fully saturated rings. The molecule has 0 bridgehead atoms. The molecule has 0 aromatic heterocycles. The third-order valence-corrected chi connectivity index (χ3v) is 5.54. The smallest absolute Gasteiger partial charge is 0.258 e. The van der Waals surface area contributed by atoms with Crippen molar-refractivity contribution in [2.75, 3.05) is 0 Å². The topological polar surface area (TPSA) is 139 Å². The fraction of sp³-hybridized carbons (Fsp3) is 0.417. The Balaban J connectivity index is 2.09. The Kier molecular flexibility index (Phi) is 10.1. The van der Waals surface area contributed by atoms with Gasteiger partial charge in [-0.3, -0.25) is 20.2 Å². The second-order valence-electron chi connectivity index (χ2n) is 7.86. The fourth-order valence-electron chi connectivity index (χ4n) is 3.59. The van der Waals surface area contributed by atoms with Crippen LogP contribution in [-0.4, -0.2) is 21.8 Å². The van der Waals surface area contributed by atoms with Gasteiger partial charge in [-0.25, -0.2) is 19.4 Å². The van der Waals surface area contributed by atoms with Gasteiger partial charge in [-0.2, -0.15) is 0 Å². The molecule has 0 heterocycles. The summed E-state index contributed by atoms with van der Waals surface area (Å²) in [5.74, 6) is -3.07. The van der Waals surface area contributed by atoms with Gasteiger partial charge in [-0.1, -0.05) is 63.8 Å². The fourth-order valence-corrected chi connectivity index (χ4v) is 3.59. The van der Waals surface area contributed by atoms with Gasteiger partial charge in [0.05, 0.1) is 21.7 Å². The van der Waals surface area contributed by atoms with Crippen molar-refractivity contribution < 1.29 is 29.2 Å². The minimum Gasteiger partial charge on any atom is -0.258 e. The van der Waals surface area contributed by atoms with Crippen molar-refractivity contribution in [1.82, 2.24) is 0 Å². The number of benzene rings is 2. The number of non-ortho nitro benzene ring substituents is 2. The van der Waals surface area contributed by atoms with Gasteiger partial charge in [-0.05, 0) is 24.0 Å². The van der Waals surface area contributed by atoms with Crippen LogP contribution in [0.4, 0.5) is 11.4 Å². The summed E-state index contributed by atoms with van der Waals surface area (Å²) in [6.45, 7) is 3.80. The summed E-state index contributed by atoms with van der Waals surface area (Å²) in [5.41, 5.74) is 0.834. The summed E-state index contributed by atoms with van der Waals surface area (Å²) >= 11 is 0. The number of hydrogen-bond donors (Lipinski definition) is 0. The number of nitro benzene ring substituents is 2. The normalized spacial score (nSPS) is 12.4. The van der Waals surface area contributed by atoms with Crippen molar-refractivity contribution in [3.05, 3.63) is 79.9 Å². The van der Waals surface area contributed by atoms with E-state index in [-0.39, 0.29) is 11.4 Å². The van der Waals surface area contributed by atoms with Crippen molar-refractivity contribution in [1.29, 1.82) is 0 Å². The predicted molar refractivity (Wildman–Crippen MR) is 123 cm³/mol. The van der Waals surface area contributed by atoms with Crippen LogP contribution in [0, 0.1) is 20.2 Å². The van der Waals surface area contributed by atoms with E-state index in [9.17, 15) is 29.8 Å². The SMILES string of the molecule is CCCCCCC(C(=O)OOC(=O)C(CC)c1ccc([N+](=O)[O-])cc1)c1ccc([N+](=O)[O-])cc1. The van der Waals surface area contributed by atoms with Crippen LogP contribution in [0.2, 0.25) is 0 Å². The average molecular weight is 472 g/mol. The van der Waals surface area contributed by atoms with E-state index in [0.717, 1.165) is 25.7 Å². The Morgan fingerprint density at radius 1 is 0.735 bits per heavy atom. The molecule has 10 heteroatoms. The van der Waals surface area contributed by atoms with E-state index in [4.69, 9.17) is 9.78 Å². The van der Waals surface area contributed by atoms with E-state index >= 15 is 0 Å². The maximum Gasteiger partial charge on any atom is 0.362 e. The van der Waals surface area contributed by atoms with Gasteiger partial charge < -0.3 is 0 Å². The Hall–Kier alpha value is -3.82. The standard InChI is InChI=1S/C24H28N2O8/c1-3-5-6-7-8-22(18-11-15-20(16-12-18)26(31)32)24(28)34-33-23(27)21(4-2)17-9-13-19(14-10-17)25(29)30/h9-16,21-22H,3-8H2,1-2H3. The zero-order valence-corrected chi connectivity index (χ0v) is 19.2. The first kappa shape index (κ1) is 26.4. The molecule has 2 atom stereocenters. The molecule has 0 radical (unpaired) electrons. The maximum absolute atomic E-state index is 12.8. The van der Waals surface area contributed by atoms with E-state index in [2.05, 4.69) is 6.92 Å². The number of carbonyl (C=O) groups is 2. The Labute approximate surface area is 197 Å². The van der Waals surface area contributed by atoms with E-state index in [1.807, 2.05) is 0 Å². The van der Waals surface area contributed by atoms with Crippen molar-refractivity contribution in [3.63, 3.8) is 0 Å². The quantitative estimate of drug-likeness (QED) is 0.165. The first-order valence-corrected chi connectivity index (χ1v) is 11.2. The van der Waals surface area contributed by atoms with E-state index in [1.54, 1.807) is 6.92 Å². The number of carbonyl (C=O) groups excluding carboxylic acids is 2. The molecular weight excluding hydrogens is 444 g/mol. The molecule has 0 saturated carbocycles. The molecule has 2 aromatic rings. The van der Waals surface area contributed by atoms with E-state index in [1.165, 1.54) is 48.5 Å². The monoisotopic (exact) mass is 472 g/mol. The van der Waals surface area contributed by atoms with Gasteiger partial charge in [-0.15, -0.1) is 0 Å². The average Bonchev–Trinajstić information content (AvgIpc) is 2.83. The lowest BCUT2D eigenvalue weighted by molar-refractivity contribution is -0.385. The molecule has 0 spiro atoms. The second-order valence-corrected chi connectivity index (χ2v) is 7.86. The second kappa shape index (κ2) is 13.0. The first-order chi connectivity index (χ1) is 16.3. The molecular formula is C24H28N2O8. The van der Waals surface area contributed by atoms with Crippen LogP contribution in [0.1, 0.15) is 75.3 Å². The molecule has 0 saturated heterocycles. The van der Waals surface area contributed by atoms with E-state index < -0.39 is 33.6 Å². The van der Waals surface area contributed by atoms with Crippen molar-refractivity contribution >= 4 is 23.3 Å². The summed E-state index contributed by atoms with van der Waals surface area (Å²) in [6, 6.07) is 11.1. The van der Waals surface area contributed by atoms with Gasteiger partial charge in [0, 0.05) is 24.3 Å². The third-order valence-electron chi connectivity index (χ3n) is 5.54. The minimum atomic E-state index is -0.793. The molecule has 0 aliphatic heterocycles. The summed E-state index contributed by atoms with van der Waals surface area (Å²) < 4.78 is 0. The van der Waals surface area contributed by atoms with Crippen LogP contribution in [0.25, 0.3) is 0 Å². The number of nitrogens with zero attached hydrogens (tertiary/aromatic N) is 2. The highest BCUT2D eigenvalue weighted by molar-refractivity contribution is 5.81. The van der Waals surface area contributed by atoms with Crippen LogP contribution in [0.3, 0.4) is 0 Å². The lowest BCUT2D eigenvalue weighted by atomic mass is 9.93. The highest BCUT2D eigenvalue weighted by Crippen LogP contribution is 2.28. The third kappa shape index (κ3) is 7.36. The van der Waals surface area contributed by atoms with Crippen molar-refractivity contribution in [2.24, 2.45) is 0 Å². The molecule has 10 nitrogen and oxygen atoms in total. The van der Waals surface area contributed by atoms with Crippen molar-refractivity contribution in [2.45, 2.75) is 64.2 Å². The Morgan fingerprint density at radius 2 is 1.18 bits per heavy atom. The molecule has 2 rings (SSSR count). The summed E-state index contributed by atoms with van der Waals surface area (Å²) in [5, 5.41) is 21.8. The van der Waals surface area contributed by atoms with Gasteiger partial charge in [0.25, 0.3) is 11.4 Å². The molecule has 2 aromatic carbocycles. The Bertz CT molecular complexity index is 989. The zero-order valence-electron chi connectivity index (χ0n) is 19.2. The molecule has 0 aliphatic carbocycles. The largest absolute Gasteiger partial charge is 0.362 e. The highest BCUT2D eigenvalue weighted by Gasteiger charge is 2.28. The van der Waals surface area contributed by atoms with Crippen LogP contribution in [0.15, 0.2) is 48.5 Å². The number of rotatable bonds is 12. The summed E-state index contributed by atoms with van der Waals surface area (Å²) in [7, 11) is 0. The van der Waals surface area contributed by atoms with Gasteiger partial charge in [0.2, 0.25) is 0 Å². The predicted octanol–water partition coefficient (Wildman–Crippen LogP) is 5.75. The molecule has 0 amide bonds.